The zero-order chi connectivity index (χ0) is 19.4. The highest BCUT2D eigenvalue weighted by molar-refractivity contribution is 5.98. The molecule has 0 aliphatic heterocycles. The number of imidazole rings is 1. The van der Waals surface area contributed by atoms with Gasteiger partial charge >= 0.3 is 11.9 Å². The van der Waals surface area contributed by atoms with Gasteiger partial charge in [0.05, 0.1) is 31.3 Å². The van der Waals surface area contributed by atoms with Crippen LogP contribution in [0.2, 0.25) is 0 Å². The van der Waals surface area contributed by atoms with Crippen LogP contribution < -0.4 is 5.32 Å². The van der Waals surface area contributed by atoms with E-state index in [1.54, 1.807) is 6.07 Å². The lowest BCUT2D eigenvalue weighted by molar-refractivity contribution is -0.138. The van der Waals surface area contributed by atoms with E-state index in [1.165, 1.54) is 14.2 Å². The summed E-state index contributed by atoms with van der Waals surface area (Å²) >= 11 is 0. The largest absolute Gasteiger partial charge is 0.466 e. The van der Waals surface area contributed by atoms with Crippen LogP contribution in [0.3, 0.4) is 0 Å². The standard InChI is InChI=1S/C20H19N3O4/c1-12-7-8-15-16(9-12)23-19(22-15)13-5-4-6-14(10-13)21-17(20(25)27-3)11-18(24)26-2/h4-11,21H,1-3H3,(H,22,23)/b17-11+. The molecule has 0 amide bonds. The fourth-order valence-electron chi connectivity index (χ4n) is 2.59. The number of nitrogens with one attached hydrogen (secondary N) is 2. The van der Waals surface area contributed by atoms with Gasteiger partial charge < -0.3 is 19.8 Å². The van der Waals surface area contributed by atoms with Crippen molar-refractivity contribution >= 4 is 28.7 Å². The Morgan fingerprint density at radius 3 is 2.67 bits per heavy atom. The molecule has 3 aromatic rings. The van der Waals surface area contributed by atoms with Gasteiger partial charge in [-0.15, -0.1) is 0 Å². The fraction of sp³-hybridized carbons (Fsp3) is 0.150. The van der Waals surface area contributed by atoms with Crippen LogP contribution in [0.25, 0.3) is 22.4 Å². The Morgan fingerprint density at radius 2 is 1.93 bits per heavy atom. The topological polar surface area (TPSA) is 93.3 Å². The Bertz CT molecular complexity index is 1040. The molecule has 2 N–H and O–H groups in total. The molecule has 0 atom stereocenters. The lowest BCUT2D eigenvalue weighted by Crippen LogP contribution is -2.15. The number of ether oxygens (including phenoxy) is 2. The summed E-state index contributed by atoms with van der Waals surface area (Å²) in [6, 6.07) is 13.3. The fourth-order valence-corrected chi connectivity index (χ4v) is 2.59. The van der Waals surface area contributed by atoms with E-state index in [-0.39, 0.29) is 5.70 Å². The average Bonchev–Trinajstić information content (AvgIpc) is 3.10. The maximum absolute atomic E-state index is 11.9. The van der Waals surface area contributed by atoms with Gasteiger partial charge in [-0.25, -0.2) is 14.6 Å². The molecule has 0 aliphatic rings. The van der Waals surface area contributed by atoms with Gasteiger partial charge in [-0.05, 0) is 36.8 Å². The first-order chi connectivity index (χ1) is 13.0. The average molecular weight is 365 g/mol. The summed E-state index contributed by atoms with van der Waals surface area (Å²) in [4.78, 5) is 31.3. The summed E-state index contributed by atoms with van der Waals surface area (Å²) in [5, 5.41) is 2.89. The number of carbonyl (C=O) groups is 2. The number of aromatic nitrogens is 2. The second-order valence-electron chi connectivity index (χ2n) is 5.88. The van der Waals surface area contributed by atoms with Crippen LogP contribution in [0.1, 0.15) is 5.56 Å². The molecular weight excluding hydrogens is 346 g/mol. The maximum atomic E-state index is 11.9. The number of rotatable bonds is 5. The monoisotopic (exact) mass is 365 g/mol. The molecular formula is C20H19N3O4. The zero-order valence-electron chi connectivity index (χ0n) is 15.2. The van der Waals surface area contributed by atoms with Crippen molar-refractivity contribution in [3.63, 3.8) is 0 Å². The van der Waals surface area contributed by atoms with Gasteiger partial charge in [0, 0.05) is 11.3 Å². The molecule has 0 spiro atoms. The number of aryl methyl sites for hydroxylation is 1. The smallest absolute Gasteiger partial charge is 0.354 e. The summed E-state index contributed by atoms with van der Waals surface area (Å²) in [5.41, 5.74) is 4.37. The number of fused-ring (bicyclic) bond motifs is 1. The number of nitrogens with zero attached hydrogens (tertiary/aromatic N) is 1. The molecule has 0 fully saturated rings. The van der Waals surface area contributed by atoms with Crippen LogP contribution in [-0.2, 0) is 19.1 Å². The van der Waals surface area contributed by atoms with Crippen molar-refractivity contribution in [2.24, 2.45) is 0 Å². The quantitative estimate of drug-likeness (QED) is 0.533. The highest BCUT2D eigenvalue weighted by atomic mass is 16.5. The van der Waals surface area contributed by atoms with Crippen LogP contribution in [0.4, 0.5) is 5.69 Å². The van der Waals surface area contributed by atoms with Gasteiger partial charge in [0.15, 0.2) is 0 Å². The molecule has 3 rings (SSSR count). The van der Waals surface area contributed by atoms with Crippen molar-refractivity contribution in [1.29, 1.82) is 0 Å². The van der Waals surface area contributed by atoms with Gasteiger partial charge in [0.2, 0.25) is 0 Å². The van der Waals surface area contributed by atoms with Crippen LogP contribution in [-0.4, -0.2) is 36.1 Å². The number of carbonyl (C=O) groups excluding carboxylic acids is 2. The van der Waals surface area contributed by atoms with Crippen LogP contribution in [0.15, 0.2) is 54.2 Å². The second-order valence-corrected chi connectivity index (χ2v) is 5.88. The van der Waals surface area contributed by atoms with Crippen molar-refractivity contribution in [2.75, 3.05) is 19.5 Å². The highest BCUT2D eigenvalue weighted by Gasteiger charge is 2.13. The predicted octanol–water partition coefficient (Wildman–Crippen LogP) is 3.18. The minimum atomic E-state index is -0.676. The number of esters is 2. The summed E-state index contributed by atoms with van der Waals surface area (Å²) in [6.45, 7) is 2.02. The summed E-state index contributed by atoms with van der Waals surface area (Å²) in [7, 11) is 2.47. The zero-order valence-corrected chi connectivity index (χ0v) is 15.2. The third-order valence-corrected chi connectivity index (χ3v) is 3.92. The normalized spacial score (nSPS) is 11.3. The number of anilines is 1. The maximum Gasteiger partial charge on any atom is 0.354 e. The SMILES string of the molecule is COC(=O)/C=C(/Nc1cccc(-c2nc3ccc(C)cc3[nH]2)c1)C(=O)OC. The van der Waals surface area contributed by atoms with Gasteiger partial charge in [-0.1, -0.05) is 18.2 Å². The van der Waals surface area contributed by atoms with Gasteiger partial charge in [0.25, 0.3) is 0 Å². The van der Waals surface area contributed by atoms with Crippen LogP contribution >= 0.6 is 0 Å². The number of hydrogen-bond donors (Lipinski definition) is 2. The Morgan fingerprint density at radius 1 is 1.11 bits per heavy atom. The first kappa shape index (κ1) is 18.2. The Balaban J connectivity index is 1.92. The predicted molar refractivity (Wildman–Crippen MR) is 102 cm³/mol. The molecule has 1 heterocycles. The second kappa shape index (κ2) is 7.74. The number of benzene rings is 2. The minimum absolute atomic E-state index is 0.0262. The highest BCUT2D eigenvalue weighted by Crippen LogP contribution is 2.24. The van der Waals surface area contributed by atoms with Gasteiger partial charge in [-0.2, -0.15) is 0 Å². The molecule has 27 heavy (non-hydrogen) atoms. The van der Waals surface area contributed by atoms with E-state index < -0.39 is 11.9 Å². The number of H-pyrrole nitrogens is 1. The third-order valence-electron chi connectivity index (χ3n) is 3.92. The third kappa shape index (κ3) is 4.14. The van der Waals surface area contributed by atoms with Crippen molar-refractivity contribution in [1.82, 2.24) is 9.97 Å². The Kier molecular flexibility index (Phi) is 5.21. The number of methoxy groups -OCH3 is 2. The number of aromatic amines is 1. The number of hydrogen-bond acceptors (Lipinski definition) is 6. The summed E-state index contributed by atoms with van der Waals surface area (Å²) < 4.78 is 9.27. The van der Waals surface area contributed by atoms with E-state index in [0.29, 0.717) is 11.5 Å². The van der Waals surface area contributed by atoms with Crippen molar-refractivity contribution in [3.8, 4) is 11.4 Å². The molecule has 0 saturated carbocycles. The van der Waals surface area contributed by atoms with E-state index in [0.717, 1.165) is 28.2 Å². The van der Waals surface area contributed by atoms with E-state index in [4.69, 9.17) is 4.74 Å². The van der Waals surface area contributed by atoms with E-state index in [9.17, 15) is 9.59 Å². The Labute approximate surface area is 156 Å². The van der Waals surface area contributed by atoms with Gasteiger partial charge in [0.1, 0.15) is 11.5 Å². The minimum Gasteiger partial charge on any atom is -0.466 e. The molecule has 0 bridgehead atoms. The van der Waals surface area contributed by atoms with E-state index in [2.05, 4.69) is 20.0 Å². The van der Waals surface area contributed by atoms with E-state index in [1.807, 2.05) is 43.3 Å². The molecule has 7 nitrogen and oxygen atoms in total. The Hall–Kier alpha value is -3.61. The molecule has 0 aliphatic carbocycles. The molecule has 138 valence electrons. The van der Waals surface area contributed by atoms with Crippen LogP contribution in [0, 0.1) is 6.92 Å². The molecule has 0 unspecified atom stereocenters. The summed E-state index contributed by atoms with van der Waals surface area (Å²) in [5.74, 6) is -0.632. The molecule has 7 heteroatoms. The molecule has 0 saturated heterocycles. The molecule has 1 aromatic heterocycles. The molecule has 2 aromatic carbocycles. The van der Waals surface area contributed by atoms with Crippen LogP contribution in [0.5, 0.6) is 0 Å². The van der Waals surface area contributed by atoms with Crippen molar-refractivity contribution in [2.45, 2.75) is 6.92 Å². The lowest BCUT2D eigenvalue weighted by Gasteiger charge is -2.10. The van der Waals surface area contributed by atoms with E-state index >= 15 is 0 Å². The summed E-state index contributed by atoms with van der Waals surface area (Å²) in [6.07, 6.45) is 1.04. The lowest BCUT2D eigenvalue weighted by atomic mass is 10.2. The first-order valence-corrected chi connectivity index (χ1v) is 8.22. The van der Waals surface area contributed by atoms with Gasteiger partial charge in [-0.3, -0.25) is 0 Å². The van der Waals surface area contributed by atoms with Crippen molar-refractivity contribution < 1.29 is 19.1 Å². The van der Waals surface area contributed by atoms with Crippen molar-refractivity contribution in [3.05, 3.63) is 59.8 Å². The first-order valence-electron chi connectivity index (χ1n) is 8.22. The molecule has 0 radical (unpaired) electrons.